The first-order chi connectivity index (χ1) is 15.4. The lowest BCUT2D eigenvalue weighted by Gasteiger charge is -2.56. The fourth-order valence-electron chi connectivity index (χ4n) is 6.16. The molecule has 1 aromatic heterocycles. The molecule has 32 heavy (non-hydrogen) atoms. The summed E-state index contributed by atoms with van der Waals surface area (Å²) < 4.78 is 0. The van der Waals surface area contributed by atoms with Crippen LogP contribution in [0.15, 0.2) is 42.5 Å². The summed E-state index contributed by atoms with van der Waals surface area (Å²) >= 11 is 0. The monoisotopic (exact) mass is 433 g/mol. The van der Waals surface area contributed by atoms with E-state index in [-0.39, 0.29) is 16.4 Å². The molecule has 1 aliphatic heterocycles. The van der Waals surface area contributed by atoms with E-state index in [4.69, 9.17) is 0 Å². The number of phenols is 1. The van der Waals surface area contributed by atoms with Gasteiger partial charge in [-0.15, -0.1) is 0 Å². The Bertz CT molecular complexity index is 1230. The van der Waals surface area contributed by atoms with E-state index in [9.17, 15) is 20.3 Å². The summed E-state index contributed by atoms with van der Waals surface area (Å²) in [5.41, 5.74) is 2.34. The van der Waals surface area contributed by atoms with Gasteiger partial charge in [0.15, 0.2) is 0 Å². The molecular formula is C25H27N3O4. The molecule has 2 aromatic carbocycles. The second-order valence-corrected chi connectivity index (χ2v) is 10.0. The van der Waals surface area contributed by atoms with E-state index in [1.165, 1.54) is 18.9 Å². The topological polar surface area (TPSA) is 103 Å². The van der Waals surface area contributed by atoms with E-state index in [0.717, 1.165) is 53.2 Å². The number of β-amino-alcohol motifs (C(OH)–C–C–N with tert-alkyl or cyclic N) is 1. The van der Waals surface area contributed by atoms with Gasteiger partial charge in [0.2, 0.25) is 0 Å². The van der Waals surface area contributed by atoms with Crippen molar-refractivity contribution in [3.8, 4) is 5.75 Å². The summed E-state index contributed by atoms with van der Waals surface area (Å²) in [4.78, 5) is 16.7. The van der Waals surface area contributed by atoms with Gasteiger partial charge in [0.05, 0.1) is 16.0 Å². The second kappa shape index (κ2) is 6.80. The maximum absolute atomic E-state index is 12.3. The number of H-pyrrole nitrogens is 1. The van der Waals surface area contributed by atoms with Crippen molar-refractivity contribution in [2.24, 2.45) is 5.92 Å². The number of hydrogen-bond acceptors (Lipinski definition) is 5. The molecule has 2 unspecified atom stereocenters. The first-order valence-electron chi connectivity index (χ1n) is 11.4. The highest BCUT2D eigenvalue weighted by Crippen LogP contribution is 2.52. The molecule has 3 N–H and O–H groups in total. The third-order valence-electron chi connectivity index (χ3n) is 7.98. The Morgan fingerprint density at radius 1 is 1.19 bits per heavy atom. The fraction of sp³-hybridized carbons (Fsp3) is 0.440. The number of nitrogens with one attached hydrogen (secondary N) is 1. The van der Waals surface area contributed by atoms with E-state index >= 15 is 0 Å². The van der Waals surface area contributed by atoms with Crippen LogP contribution >= 0.6 is 0 Å². The molecule has 7 nitrogen and oxygen atoms in total. The number of rotatable bonds is 4. The Hall–Kier alpha value is -2.90. The number of nitrogens with zero attached hydrogens (tertiary/aromatic N) is 2. The van der Waals surface area contributed by atoms with Crippen LogP contribution in [0.1, 0.15) is 36.1 Å². The molecule has 2 aliphatic carbocycles. The molecule has 6 rings (SSSR count). The van der Waals surface area contributed by atoms with Crippen molar-refractivity contribution >= 4 is 16.6 Å². The standard InChI is InChI=1S/C25H27N3O4/c29-19-3-1-2-17(10-19)24-8-9-27(14-16-4-5-16)15-25(24,30)12-21-20-7-6-18(28(31)32)11-22(20)26-23(21)13-24/h1-3,6-7,10-11,16,26,29-30H,4-5,8-9,12-15H2. The molecule has 2 fully saturated rings. The summed E-state index contributed by atoms with van der Waals surface area (Å²) in [5, 5.41) is 34.7. The van der Waals surface area contributed by atoms with Gasteiger partial charge in [-0.3, -0.25) is 10.1 Å². The number of fused-ring (bicyclic) bond motifs is 4. The molecule has 7 heteroatoms. The average molecular weight is 434 g/mol. The number of likely N-dealkylation sites (tertiary alicyclic amines) is 1. The van der Waals surface area contributed by atoms with E-state index in [2.05, 4.69) is 9.88 Å². The summed E-state index contributed by atoms with van der Waals surface area (Å²) in [6.45, 7) is 2.54. The number of aromatic hydroxyl groups is 1. The number of non-ortho nitro benzene ring substituents is 1. The van der Waals surface area contributed by atoms with Gasteiger partial charge >= 0.3 is 0 Å². The highest BCUT2D eigenvalue weighted by Gasteiger charge is 2.57. The summed E-state index contributed by atoms with van der Waals surface area (Å²) in [6.07, 6.45) is 4.45. The van der Waals surface area contributed by atoms with Crippen LogP contribution in [-0.4, -0.2) is 50.3 Å². The highest BCUT2D eigenvalue weighted by atomic mass is 16.6. The van der Waals surface area contributed by atoms with Gasteiger partial charge in [0.1, 0.15) is 5.75 Å². The van der Waals surface area contributed by atoms with Crippen LogP contribution in [0.25, 0.3) is 10.9 Å². The number of nitro groups is 1. The molecule has 1 saturated heterocycles. The van der Waals surface area contributed by atoms with Gasteiger partial charge in [-0.1, -0.05) is 12.1 Å². The average Bonchev–Trinajstić information content (AvgIpc) is 3.51. The van der Waals surface area contributed by atoms with Crippen molar-refractivity contribution in [1.82, 2.24) is 9.88 Å². The molecule has 2 heterocycles. The van der Waals surface area contributed by atoms with Crippen LogP contribution in [0.5, 0.6) is 5.75 Å². The van der Waals surface area contributed by atoms with Crippen molar-refractivity contribution in [2.75, 3.05) is 19.6 Å². The van der Waals surface area contributed by atoms with Crippen molar-refractivity contribution in [1.29, 1.82) is 0 Å². The molecule has 3 aromatic rings. The molecule has 2 atom stereocenters. The SMILES string of the molecule is O=[N+]([O-])c1ccc2c3c([nH]c2c1)CC1(c2cccc(O)c2)CCN(CC2CC2)CC1(O)C3. The predicted octanol–water partition coefficient (Wildman–Crippen LogP) is 3.67. The van der Waals surface area contributed by atoms with E-state index in [1.54, 1.807) is 24.3 Å². The summed E-state index contributed by atoms with van der Waals surface area (Å²) in [6, 6.07) is 12.2. The lowest BCUT2D eigenvalue weighted by Crippen LogP contribution is -2.66. The number of piperidine rings is 1. The Morgan fingerprint density at radius 3 is 2.78 bits per heavy atom. The molecule has 0 radical (unpaired) electrons. The molecule has 3 aliphatic rings. The van der Waals surface area contributed by atoms with Gasteiger partial charge < -0.3 is 20.1 Å². The van der Waals surface area contributed by atoms with Crippen LogP contribution in [-0.2, 0) is 18.3 Å². The number of aromatic amines is 1. The zero-order chi connectivity index (χ0) is 22.1. The van der Waals surface area contributed by atoms with Gasteiger partial charge in [-0.25, -0.2) is 0 Å². The number of phenolic OH excluding ortho intramolecular Hbond substituents is 1. The Morgan fingerprint density at radius 2 is 2.03 bits per heavy atom. The number of benzene rings is 2. The highest BCUT2D eigenvalue weighted by molar-refractivity contribution is 5.87. The molecular weight excluding hydrogens is 406 g/mol. The first-order valence-corrected chi connectivity index (χ1v) is 11.4. The normalized spacial score (nSPS) is 27.8. The molecule has 0 spiro atoms. The van der Waals surface area contributed by atoms with Crippen LogP contribution in [0.3, 0.4) is 0 Å². The van der Waals surface area contributed by atoms with Crippen LogP contribution < -0.4 is 0 Å². The maximum atomic E-state index is 12.3. The third kappa shape index (κ3) is 2.95. The van der Waals surface area contributed by atoms with Gasteiger partial charge in [0.25, 0.3) is 5.69 Å². The minimum atomic E-state index is -0.988. The van der Waals surface area contributed by atoms with Crippen LogP contribution in [0.2, 0.25) is 0 Å². The molecule has 1 saturated carbocycles. The van der Waals surface area contributed by atoms with E-state index in [1.807, 2.05) is 12.1 Å². The Kier molecular flexibility index (Phi) is 4.20. The second-order valence-electron chi connectivity index (χ2n) is 10.0. The first kappa shape index (κ1) is 19.8. The zero-order valence-corrected chi connectivity index (χ0v) is 17.9. The Balaban J connectivity index is 1.48. The number of aliphatic hydroxyl groups is 1. The maximum Gasteiger partial charge on any atom is 0.271 e. The summed E-state index contributed by atoms with van der Waals surface area (Å²) in [7, 11) is 0. The largest absolute Gasteiger partial charge is 0.508 e. The van der Waals surface area contributed by atoms with Gasteiger partial charge in [-0.05, 0) is 61.1 Å². The Labute approximate surface area is 185 Å². The quantitative estimate of drug-likeness (QED) is 0.430. The number of nitro benzene ring substituents is 1. The van der Waals surface area contributed by atoms with E-state index < -0.39 is 11.0 Å². The van der Waals surface area contributed by atoms with E-state index in [0.29, 0.717) is 19.4 Å². The van der Waals surface area contributed by atoms with Crippen molar-refractivity contribution in [3.05, 3.63) is 69.4 Å². The smallest absolute Gasteiger partial charge is 0.271 e. The van der Waals surface area contributed by atoms with Gasteiger partial charge in [0, 0.05) is 54.6 Å². The summed E-state index contributed by atoms with van der Waals surface area (Å²) in [5.74, 6) is 0.956. The molecule has 166 valence electrons. The van der Waals surface area contributed by atoms with Crippen molar-refractivity contribution in [3.63, 3.8) is 0 Å². The van der Waals surface area contributed by atoms with Crippen LogP contribution in [0, 0.1) is 16.0 Å². The number of aromatic nitrogens is 1. The minimum absolute atomic E-state index is 0.0607. The lowest BCUT2D eigenvalue weighted by molar-refractivity contribution is -0.384. The predicted molar refractivity (Wildman–Crippen MR) is 121 cm³/mol. The minimum Gasteiger partial charge on any atom is -0.508 e. The zero-order valence-electron chi connectivity index (χ0n) is 17.9. The lowest BCUT2D eigenvalue weighted by atomic mass is 9.56. The van der Waals surface area contributed by atoms with Crippen molar-refractivity contribution < 1.29 is 15.1 Å². The molecule has 0 bridgehead atoms. The molecule has 0 amide bonds. The van der Waals surface area contributed by atoms with Crippen molar-refractivity contribution in [2.45, 2.75) is 43.1 Å². The fourth-order valence-corrected chi connectivity index (χ4v) is 6.16. The van der Waals surface area contributed by atoms with Crippen LogP contribution in [0.4, 0.5) is 5.69 Å². The third-order valence-corrected chi connectivity index (χ3v) is 7.98. The number of hydrogen-bond donors (Lipinski definition) is 3. The van der Waals surface area contributed by atoms with Gasteiger partial charge in [-0.2, -0.15) is 0 Å².